The molecule has 3 N–H and O–H groups in total. The zero-order chi connectivity index (χ0) is 15.5. The second-order valence-corrected chi connectivity index (χ2v) is 6.28. The van der Waals surface area contributed by atoms with Crippen LogP contribution < -0.4 is 10.6 Å². The summed E-state index contributed by atoms with van der Waals surface area (Å²) >= 11 is 6.12. The molecule has 116 valence electrons. The molecule has 0 amide bonds. The lowest BCUT2D eigenvalue weighted by molar-refractivity contribution is 0.199. The van der Waals surface area contributed by atoms with Crippen molar-refractivity contribution in [3.05, 3.63) is 28.8 Å². The van der Waals surface area contributed by atoms with E-state index in [1.807, 2.05) is 12.1 Å². The van der Waals surface area contributed by atoms with Crippen molar-refractivity contribution in [3.63, 3.8) is 0 Å². The van der Waals surface area contributed by atoms with Gasteiger partial charge in [-0.1, -0.05) is 43.4 Å². The Balaban J connectivity index is 2.26. The van der Waals surface area contributed by atoms with Crippen LogP contribution in [-0.4, -0.2) is 24.1 Å². The van der Waals surface area contributed by atoms with E-state index in [1.54, 1.807) is 6.07 Å². The van der Waals surface area contributed by atoms with Crippen molar-refractivity contribution in [1.82, 2.24) is 0 Å². The SMILES string of the molecule is CCC1(CC)CCN(c2cc(Cl)ccc2C(N)=NO)CC1. The summed E-state index contributed by atoms with van der Waals surface area (Å²) < 4.78 is 0. The van der Waals surface area contributed by atoms with Gasteiger partial charge in [-0.2, -0.15) is 0 Å². The van der Waals surface area contributed by atoms with E-state index in [4.69, 9.17) is 22.5 Å². The highest BCUT2D eigenvalue weighted by atomic mass is 35.5. The van der Waals surface area contributed by atoms with Crippen molar-refractivity contribution < 1.29 is 5.21 Å². The maximum atomic E-state index is 8.95. The molecule has 0 bridgehead atoms. The number of hydrogen-bond acceptors (Lipinski definition) is 3. The summed E-state index contributed by atoms with van der Waals surface area (Å²) in [5, 5.41) is 12.7. The summed E-state index contributed by atoms with van der Waals surface area (Å²) in [6, 6.07) is 5.48. The van der Waals surface area contributed by atoms with E-state index in [-0.39, 0.29) is 5.84 Å². The van der Waals surface area contributed by atoms with Gasteiger partial charge in [-0.3, -0.25) is 0 Å². The maximum absolute atomic E-state index is 8.95. The number of halogens is 1. The van der Waals surface area contributed by atoms with Gasteiger partial charge in [-0.25, -0.2) is 0 Å². The molecule has 0 radical (unpaired) electrons. The van der Waals surface area contributed by atoms with Crippen LogP contribution in [0.5, 0.6) is 0 Å². The Bertz CT molecular complexity index is 516. The lowest BCUT2D eigenvalue weighted by atomic mass is 9.74. The topological polar surface area (TPSA) is 61.8 Å². The minimum Gasteiger partial charge on any atom is -0.409 e. The molecular weight excluding hydrogens is 286 g/mol. The van der Waals surface area contributed by atoms with E-state index in [2.05, 4.69) is 23.9 Å². The molecule has 0 atom stereocenters. The normalized spacial score (nSPS) is 18.8. The van der Waals surface area contributed by atoms with Gasteiger partial charge in [-0.05, 0) is 36.5 Å². The van der Waals surface area contributed by atoms with Gasteiger partial charge in [0.15, 0.2) is 5.84 Å². The molecule has 1 aliphatic heterocycles. The Morgan fingerprint density at radius 3 is 2.48 bits per heavy atom. The van der Waals surface area contributed by atoms with Crippen molar-refractivity contribution in [2.24, 2.45) is 16.3 Å². The molecule has 0 unspecified atom stereocenters. The number of benzene rings is 1. The van der Waals surface area contributed by atoms with Crippen molar-refractivity contribution in [1.29, 1.82) is 0 Å². The van der Waals surface area contributed by atoms with Crippen molar-refractivity contribution in [2.45, 2.75) is 39.5 Å². The highest BCUT2D eigenvalue weighted by Gasteiger charge is 2.32. The van der Waals surface area contributed by atoms with E-state index in [9.17, 15) is 0 Å². The van der Waals surface area contributed by atoms with Crippen LogP contribution in [0.25, 0.3) is 0 Å². The molecule has 0 aliphatic carbocycles. The first-order valence-corrected chi connectivity index (χ1v) is 7.95. The predicted molar refractivity (Wildman–Crippen MR) is 88.4 cm³/mol. The van der Waals surface area contributed by atoms with E-state index < -0.39 is 0 Å². The van der Waals surface area contributed by atoms with Gasteiger partial charge in [0, 0.05) is 29.4 Å². The lowest BCUT2D eigenvalue weighted by Gasteiger charge is -2.42. The molecule has 0 aromatic heterocycles. The van der Waals surface area contributed by atoms with Crippen LogP contribution in [0.3, 0.4) is 0 Å². The van der Waals surface area contributed by atoms with E-state index in [0.717, 1.165) is 24.3 Å². The monoisotopic (exact) mass is 309 g/mol. The number of piperidine rings is 1. The molecule has 5 heteroatoms. The second kappa shape index (κ2) is 6.56. The fourth-order valence-corrected chi connectivity index (χ4v) is 3.38. The fraction of sp³-hybridized carbons (Fsp3) is 0.562. The smallest absolute Gasteiger partial charge is 0.172 e. The van der Waals surface area contributed by atoms with Crippen LogP contribution in [-0.2, 0) is 0 Å². The standard InChI is InChI=1S/C16H24ClN3O/c1-3-16(4-2)7-9-20(10-8-16)14-11-12(17)5-6-13(14)15(18)19-21/h5-6,11,21H,3-4,7-10H2,1-2H3,(H2,18,19). The Morgan fingerprint density at radius 2 is 1.95 bits per heavy atom. The molecule has 0 spiro atoms. The van der Waals surface area contributed by atoms with Crippen molar-refractivity contribution in [2.75, 3.05) is 18.0 Å². The molecule has 1 aromatic rings. The van der Waals surface area contributed by atoms with Gasteiger partial charge >= 0.3 is 0 Å². The molecule has 1 aromatic carbocycles. The first-order chi connectivity index (χ1) is 10.0. The Morgan fingerprint density at radius 1 is 1.33 bits per heavy atom. The van der Waals surface area contributed by atoms with Crippen LogP contribution in [0.4, 0.5) is 5.69 Å². The number of anilines is 1. The van der Waals surface area contributed by atoms with Crippen molar-refractivity contribution >= 4 is 23.1 Å². The van der Waals surface area contributed by atoms with Crippen LogP contribution in [0.1, 0.15) is 45.1 Å². The number of oxime groups is 1. The van der Waals surface area contributed by atoms with Gasteiger partial charge < -0.3 is 15.8 Å². The summed E-state index contributed by atoms with van der Waals surface area (Å²) in [7, 11) is 0. The average molecular weight is 310 g/mol. The fourth-order valence-electron chi connectivity index (χ4n) is 3.22. The molecule has 2 rings (SSSR count). The van der Waals surface area contributed by atoms with E-state index in [1.165, 1.54) is 25.7 Å². The highest BCUT2D eigenvalue weighted by molar-refractivity contribution is 6.31. The summed E-state index contributed by atoms with van der Waals surface area (Å²) in [4.78, 5) is 2.29. The third-order valence-corrected chi connectivity index (χ3v) is 5.24. The van der Waals surface area contributed by atoms with Gasteiger partial charge in [0.05, 0.1) is 0 Å². The largest absolute Gasteiger partial charge is 0.409 e. The summed E-state index contributed by atoms with van der Waals surface area (Å²) in [5.41, 5.74) is 7.95. The number of amidine groups is 1. The summed E-state index contributed by atoms with van der Waals surface area (Å²) in [6.45, 7) is 6.52. The number of nitrogens with two attached hydrogens (primary N) is 1. The molecule has 4 nitrogen and oxygen atoms in total. The van der Waals surface area contributed by atoms with E-state index >= 15 is 0 Å². The molecular formula is C16H24ClN3O. The summed E-state index contributed by atoms with van der Waals surface area (Å²) in [6.07, 6.45) is 4.78. The molecule has 1 aliphatic rings. The van der Waals surface area contributed by atoms with Crippen molar-refractivity contribution in [3.8, 4) is 0 Å². The first kappa shape index (κ1) is 16.0. The van der Waals surface area contributed by atoms with Gasteiger partial charge in [-0.15, -0.1) is 0 Å². The minimum absolute atomic E-state index is 0.129. The maximum Gasteiger partial charge on any atom is 0.172 e. The molecule has 0 saturated carbocycles. The van der Waals surface area contributed by atoms with Gasteiger partial charge in [0.25, 0.3) is 0 Å². The molecule has 1 heterocycles. The van der Waals surface area contributed by atoms with Crippen LogP contribution >= 0.6 is 11.6 Å². The Labute approximate surface area is 131 Å². The predicted octanol–water partition coefficient (Wildman–Crippen LogP) is 3.84. The third kappa shape index (κ3) is 3.26. The van der Waals surface area contributed by atoms with Crippen LogP contribution in [0, 0.1) is 5.41 Å². The zero-order valence-electron chi connectivity index (χ0n) is 12.8. The lowest BCUT2D eigenvalue weighted by Crippen LogP contribution is -2.40. The first-order valence-electron chi connectivity index (χ1n) is 7.57. The molecule has 1 fully saturated rings. The van der Waals surface area contributed by atoms with Crippen LogP contribution in [0.2, 0.25) is 5.02 Å². The Kier molecular flexibility index (Phi) is 4.99. The van der Waals surface area contributed by atoms with E-state index in [0.29, 0.717) is 10.4 Å². The van der Waals surface area contributed by atoms with Crippen LogP contribution in [0.15, 0.2) is 23.4 Å². The number of rotatable bonds is 4. The zero-order valence-corrected chi connectivity index (χ0v) is 13.5. The van der Waals surface area contributed by atoms with Gasteiger partial charge in [0.2, 0.25) is 0 Å². The second-order valence-electron chi connectivity index (χ2n) is 5.84. The highest BCUT2D eigenvalue weighted by Crippen LogP contribution is 2.40. The molecule has 1 saturated heterocycles. The van der Waals surface area contributed by atoms with Gasteiger partial charge in [0.1, 0.15) is 0 Å². The Hall–Kier alpha value is -1.42. The average Bonchev–Trinajstić information content (AvgIpc) is 2.54. The number of hydrogen-bond donors (Lipinski definition) is 2. The summed E-state index contributed by atoms with van der Waals surface area (Å²) in [5.74, 6) is 0.129. The quantitative estimate of drug-likeness (QED) is 0.384. The number of nitrogens with zero attached hydrogens (tertiary/aromatic N) is 2. The third-order valence-electron chi connectivity index (χ3n) is 5.01. The minimum atomic E-state index is 0.129. The molecule has 21 heavy (non-hydrogen) atoms.